The number of hydrogen-bond donors (Lipinski definition) is 1. The third-order valence-corrected chi connectivity index (χ3v) is 3.67. The standard InChI is InChI=1S/C11H16BrNS/c1-14-7-6-9(8-13)10-4-2-3-5-11(10)12/h2-5,9H,6-8,13H2,1H3. The lowest BCUT2D eigenvalue weighted by Crippen LogP contribution is -2.13. The quantitative estimate of drug-likeness (QED) is 0.892. The summed E-state index contributed by atoms with van der Waals surface area (Å²) in [4.78, 5) is 0. The lowest BCUT2D eigenvalue weighted by atomic mass is 9.97. The molecule has 1 aromatic rings. The van der Waals surface area contributed by atoms with E-state index in [0.29, 0.717) is 5.92 Å². The van der Waals surface area contributed by atoms with E-state index < -0.39 is 0 Å². The van der Waals surface area contributed by atoms with Gasteiger partial charge < -0.3 is 5.73 Å². The van der Waals surface area contributed by atoms with E-state index in [1.54, 1.807) is 0 Å². The average molecular weight is 274 g/mol. The number of rotatable bonds is 5. The molecule has 0 aliphatic heterocycles. The molecular formula is C11H16BrNS. The lowest BCUT2D eigenvalue weighted by molar-refractivity contribution is 0.677. The summed E-state index contributed by atoms with van der Waals surface area (Å²) in [5.74, 6) is 1.65. The molecule has 1 aromatic carbocycles. The van der Waals surface area contributed by atoms with E-state index in [9.17, 15) is 0 Å². The molecular weight excluding hydrogens is 258 g/mol. The van der Waals surface area contributed by atoms with Crippen LogP contribution >= 0.6 is 27.7 Å². The summed E-state index contributed by atoms with van der Waals surface area (Å²) in [7, 11) is 0. The van der Waals surface area contributed by atoms with Gasteiger partial charge in [0, 0.05) is 4.47 Å². The smallest absolute Gasteiger partial charge is 0.0210 e. The molecule has 0 aliphatic rings. The highest BCUT2D eigenvalue weighted by Crippen LogP contribution is 2.27. The molecule has 1 nitrogen and oxygen atoms in total. The van der Waals surface area contributed by atoms with Crippen LogP contribution in [0.1, 0.15) is 17.9 Å². The van der Waals surface area contributed by atoms with Crippen molar-refractivity contribution in [2.75, 3.05) is 18.6 Å². The van der Waals surface area contributed by atoms with Gasteiger partial charge in [0.1, 0.15) is 0 Å². The number of thioether (sulfide) groups is 1. The predicted molar refractivity (Wildman–Crippen MR) is 68.9 cm³/mol. The summed E-state index contributed by atoms with van der Waals surface area (Å²) in [5.41, 5.74) is 7.12. The molecule has 3 heteroatoms. The second-order valence-corrected chi connectivity index (χ2v) is 5.08. The van der Waals surface area contributed by atoms with Crippen LogP contribution in [0.4, 0.5) is 0 Å². The molecule has 0 radical (unpaired) electrons. The first-order chi connectivity index (χ1) is 6.79. The highest BCUT2D eigenvalue weighted by Gasteiger charge is 2.11. The Balaban J connectivity index is 2.73. The first-order valence-electron chi connectivity index (χ1n) is 4.73. The van der Waals surface area contributed by atoms with Crippen molar-refractivity contribution in [1.82, 2.24) is 0 Å². The van der Waals surface area contributed by atoms with Gasteiger partial charge in [0.15, 0.2) is 0 Å². The van der Waals surface area contributed by atoms with Gasteiger partial charge in [0.05, 0.1) is 0 Å². The highest BCUT2D eigenvalue weighted by molar-refractivity contribution is 9.10. The van der Waals surface area contributed by atoms with Crippen molar-refractivity contribution in [2.45, 2.75) is 12.3 Å². The maximum absolute atomic E-state index is 5.78. The van der Waals surface area contributed by atoms with E-state index in [0.717, 1.165) is 13.0 Å². The van der Waals surface area contributed by atoms with Crippen molar-refractivity contribution >= 4 is 27.7 Å². The Hall–Kier alpha value is 0.01000. The van der Waals surface area contributed by atoms with Gasteiger partial charge in [-0.25, -0.2) is 0 Å². The molecule has 1 atom stereocenters. The molecule has 1 unspecified atom stereocenters. The minimum atomic E-state index is 0.484. The van der Waals surface area contributed by atoms with Crippen molar-refractivity contribution in [3.63, 3.8) is 0 Å². The van der Waals surface area contributed by atoms with E-state index in [-0.39, 0.29) is 0 Å². The van der Waals surface area contributed by atoms with Crippen LogP contribution in [0.25, 0.3) is 0 Å². The predicted octanol–water partition coefficient (Wildman–Crippen LogP) is 3.24. The summed E-state index contributed by atoms with van der Waals surface area (Å²) in [6, 6.07) is 8.34. The second kappa shape index (κ2) is 6.49. The fourth-order valence-electron chi connectivity index (χ4n) is 1.47. The van der Waals surface area contributed by atoms with E-state index in [2.05, 4.69) is 40.4 Å². The zero-order valence-electron chi connectivity index (χ0n) is 8.37. The Morgan fingerprint density at radius 1 is 1.43 bits per heavy atom. The van der Waals surface area contributed by atoms with Crippen molar-refractivity contribution in [1.29, 1.82) is 0 Å². The molecule has 1 rings (SSSR count). The topological polar surface area (TPSA) is 26.0 Å². The van der Waals surface area contributed by atoms with Gasteiger partial charge in [0.25, 0.3) is 0 Å². The number of halogens is 1. The van der Waals surface area contributed by atoms with Gasteiger partial charge in [0.2, 0.25) is 0 Å². The first kappa shape index (κ1) is 12.1. The minimum absolute atomic E-state index is 0.484. The van der Waals surface area contributed by atoms with Crippen LogP contribution in [-0.2, 0) is 0 Å². The number of hydrogen-bond acceptors (Lipinski definition) is 2. The molecule has 0 aliphatic carbocycles. The van der Waals surface area contributed by atoms with Crippen LogP contribution in [0, 0.1) is 0 Å². The molecule has 14 heavy (non-hydrogen) atoms. The maximum atomic E-state index is 5.78. The second-order valence-electron chi connectivity index (χ2n) is 3.24. The number of benzene rings is 1. The van der Waals surface area contributed by atoms with Crippen molar-refractivity contribution in [3.8, 4) is 0 Å². The van der Waals surface area contributed by atoms with Crippen LogP contribution in [0.5, 0.6) is 0 Å². The summed E-state index contributed by atoms with van der Waals surface area (Å²) in [6.07, 6.45) is 3.29. The Bertz CT molecular complexity index is 278. The third kappa shape index (κ3) is 3.30. The van der Waals surface area contributed by atoms with Crippen LogP contribution in [0.15, 0.2) is 28.7 Å². The first-order valence-corrected chi connectivity index (χ1v) is 6.91. The molecule has 0 aromatic heterocycles. The molecule has 0 heterocycles. The highest BCUT2D eigenvalue weighted by atomic mass is 79.9. The normalized spacial score (nSPS) is 12.8. The Labute approximate surface area is 98.6 Å². The molecule has 0 fully saturated rings. The molecule has 0 bridgehead atoms. The molecule has 0 saturated carbocycles. The molecule has 0 spiro atoms. The van der Waals surface area contributed by atoms with Crippen LogP contribution in [0.2, 0.25) is 0 Å². The summed E-state index contributed by atoms with van der Waals surface area (Å²) >= 11 is 5.44. The fraction of sp³-hybridized carbons (Fsp3) is 0.455. The summed E-state index contributed by atoms with van der Waals surface area (Å²) in [6.45, 7) is 0.725. The Morgan fingerprint density at radius 3 is 2.71 bits per heavy atom. The van der Waals surface area contributed by atoms with Gasteiger partial charge >= 0.3 is 0 Å². The molecule has 0 amide bonds. The largest absolute Gasteiger partial charge is 0.330 e. The fourth-order valence-corrected chi connectivity index (χ4v) is 2.60. The summed E-state index contributed by atoms with van der Waals surface area (Å²) in [5, 5.41) is 0. The van der Waals surface area contributed by atoms with Crippen molar-refractivity contribution in [3.05, 3.63) is 34.3 Å². The average Bonchev–Trinajstić information content (AvgIpc) is 2.21. The van der Waals surface area contributed by atoms with Gasteiger partial charge in [-0.1, -0.05) is 34.1 Å². The zero-order chi connectivity index (χ0) is 10.4. The van der Waals surface area contributed by atoms with E-state index in [4.69, 9.17) is 5.73 Å². The van der Waals surface area contributed by atoms with Crippen molar-refractivity contribution in [2.24, 2.45) is 5.73 Å². The molecule has 0 saturated heterocycles. The van der Waals surface area contributed by atoms with Crippen molar-refractivity contribution < 1.29 is 0 Å². The van der Waals surface area contributed by atoms with Gasteiger partial charge in [-0.05, 0) is 42.5 Å². The maximum Gasteiger partial charge on any atom is 0.0210 e. The van der Waals surface area contributed by atoms with E-state index in [1.807, 2.05) is 17.8 Å². The Morgan fingerprint density at radius 2 is 2.14 bits per heavy atom. The van der Waals surface area contributed by atoms with Crippen LogP contribution < -0.4 is 5.73 Å². The number of nitrogens with two attached hydrogens (primary N) is 1. The Kier molecular flexibility index (Phi) is 5.60. The summed E-state index contributed by atoms with van der Waals surface area (Å²) < 4.78 is 1.18. The minimum Gasteiger partial charge on any atom is -0.330 e. The van der Waals surface area contributed by atoms with Gasteiger partial charge in [-0.15, -0.1) is 0 Å². The van der Waals surface area contributed by atoms with Gasteiger partial charge in [-0.3, -0.25) is 0 Å². The van der Waals surface area contributed by atoms with Gasteiger partial charge in [-0.2, -0.15) is 11.8 Å². The van der Waals surface area contributed by atoms with Crippen LogP contribution in [-0.4, -0.2) is 18.6 Å². The third-order valence-electron chi connectivity index (χ3n) is 2.30. The molecule has 2 N–H and O–H groups in total. The van der Waals surface area contributed by atoms with E-state index in [1.165, 1.54) is 15.8 Å². The van der Waals surface area contributed by atoms with E-state index >= 15 is 0 Å². The monoisotopic (exact) mass is 273 g/mol. The molecule has 78 valence electrons. The SMILES string of the molecule is CSCCC(CN)c1ccccc1Br. The van der Waals surface area contributed by atoms with Crippen LogP contribution in [0.3, 0.4) is 0 Å². The lowest BCUT2D eigenvalue weighted by Gasteiger charge is -2.15. The zero-order valence-corrected chi connectivity index (χ0v) is 10.8.